The molecular weight excluding hydrogens is 354 g/mol. The number of rotatable bonds is 4. The van der Waals surface area contributed by atoms with E-state index in [4.69, 9.17) is 10.8 Å². The van der Waals surface area contributed by atoms with Crippen molar-refractivity contribution in [3.8, 4) is 5.75 Å². The van der Waals surface area contributed by atoms with Crippen LogP contribution in [0.5, 0.6) is 5.75 Å². The van der Waals surface area contributed by atoms with E-state index in [1.54, 1.807) is 19.1 Å². The number of carboxylic acids is 1. The molecule has 2 atom stereocenters. The Bertz CT molecular complexity index is 414. The molecule has 0 saturated carbocycles. The second-order valence-electron chi connectivity index (χ2n) is 3.71. The van der Waals surface area contributed by atoms with Crippen molar-refractivity contribution >= 4 is 37.8 Å². The number of hydrogen-bond acceptors (Lipinski definition) is 3. The standard InChI is InChI=1S/C11H13Br2NO3/c1-2-6(11(16)17)9(14)5-3-7(12)10(15)8(13)4-5/h3-4,6,9,15H,2,14H2,1H3,(H,16,17). The lowest BCUT2D eigenvalue weighted by Gasteiger charge is -2.20. The highest BCUT2D eigenvalue weighted by atomic mass is 79.9. The molecule has 2 unspecified atom stereocenters. The molecule has 4 nitrogen and oxygen atoms in total. The molecule has 0 aliphatic rings. The fourth-order valence-electron chi connectivity index (χ4n) is 1.59. The normalized spacial score (nSPS) is 14.4. The molecule has 0 aliphatic carbocycles. The lowest BCUT2D eigenvalue weighted by molar-refractivity contribution is -0.142. The van der Waals surface area contributed by atoms with Gasteiger partial charge in [0.15, 0.2) is 0 Å². The summed E-state index contributed by atoms with van der Waals surface area (Å²) >= 11 is 6.38. The highest BCUT2D eigenvalue weighted by molar-refractivity contribution is 9.11. The molecule has 0 heterocycles. The number of benzene rings is 1. The number of nitrogens with two attached hydrogens (primary N) is 1. The molecule has 0 bridgehead atoms. The zero-order valence-corrected chi connectivity index (χ0v) is 12.3. The summed E-state index contributed by atoms with van der Waals surface area (Å²) in [5.74, 6) is -1.48. The smallest absolute Gasteiger partial charge is 0.308 e. The molecule has 0 aromatic heterocycles. The number of phenolic OH excluding ortho intramolecular Hbond substituents is 1. The maximum absolute atomic E-state index is 11.0. The van der Waals surface area contributed by atoms with Crippen molar-refractivity contribution in [3.63, 3.8) is 0 Å². The van der Waals surface area contributed by atoms with Crippen LogP contribution >= 0.6 is 31.9 Å². The van der Waals surface area contributed by atoms with E-state index in [2.05, 4.69) is 31.9 Å². The molecule has 94 valence electrons. The van der Waals surface area contributed by atoms with Gasteiger partial charge in [0, 0.05) is 6.04 Å². The van der Waals surface area contributed by atoms with E-state index in [0.717, 1.165) is 0 Å². The molecule has 1 rings (SSSR count). The average molecular weight is 367 g/mol. The predicted molar refractivity (Wildman–Crippen MR) is 71.9 cm³/mol. The summed E-state index contributed by atoms with van der Waals surface area (Å²) in [7, 11) is 0. The largest absolute Gasteiger partial charge is 0.506 e. The van der Waals surface area contributed by atoms with Crippen LogP contribution in [0.15, 0.2) is 21.1 Å². The predicted octanol–water partition coefficient (Wildman–Crippen LogP) is 3.03. The molecular formula is C11H13Br2NO3. The second-order valence-corrected chi connectivity index (χ2v) is 5.42. The maximum atomic E-state index is 11.0. The third-order valence-corrected chi connectivity index (χ3v) is 3.82. The number of phenols is 1. The number of carbonyl (C=O) groups is 1. The van der Waals surface area contributed by atoms with Crippen LogP contribution in [0, 0.1) is 5.92 Å². The van der Waals surface area contributed by atoms with Crippen molar-refractivity contribution in [2.24, 2.45) is 11.7 Å². The van der Waals surface area contributed by atoms with Gasteiger partial charge in [-0.1, -0.05) is 6.92 Å². The van der Waals surface area contributed by atoms with E-state index in [9.17, 15) is 9.90 Å². The maximum Gasteiger partial charge on any atom is 0.308 e. The zero-order chi connectivity index (χ0) is 13.2. The van der Waals surface area contributed by atoms with E-state index in [-0.39, 0.29) is 5.75 Å². The molecule has 1 aromatic rings. The first kappa shape index (κ1) is 14.5. The summed E-state index contributed by atoms with van der Waals surface area (Å²) in [6.45, 7) is 1.78. The van der Waals surface area contributed by atoms with E-state index in [0.29, 0.717) is 20.9 Å². The molecule has 0 radical (unpaired) electrons. The summed E-state index contributed by atoms with van der Waals surface area (Å²) in [5.41, 5.74) is 6.60. The summed E-state index contributed by atoms with van der Waals surface area (Å²) in [4.78, 5) is 11.0. The highest BCUT2D eigenvalue weighted by Crippen LogP contribution is 2.36. The summed E-state index contributed by atoms with van der Waals surface area (Å²) in [5, 5.41) is 18.6. The first-order valence-corrected chi connectivity index (χ1v) is 6.63. The highest BCUT2D eigenvalue weighted by Gasteiger charge is 2.25. The number of carboxylic acid groups (broad SMARTS) is 1. The Balaban J connectivity index is 3.12. The fraction of sp³-hybridized carbons (Fsp3) is 0.364. The SMILES string of the molecule is CCC(C(=O)O)C(N)c1cc(Br)c(O)c(Br)c1. The molecule has 4 N–H and O–H groups in total. The zero-order valence-electron chi connectivity index (χ0n) is 9.15. The van der Waals surface area contributed by atoms with Crippen molar-refractivity contribution in [2.45, 2.75) is 19.4 Å². The van der Waals surface area contributed by atoms with Crippen LogP contribution < -0.4 is 5.73 Å². The fourth-order valence-corrected chi connectivity index (χ4v) is 2.81. The Kier molecular flexibility index (Phi) is 4.97. The third kappa shape index (κ3) is 3.20. The van der Waals surface area contributed by atoms with E-state index >= 15 is 0 Å². The van der Waals surface area contributed by atoms with Crippen LogP contribution in [-0.2, 0) is 4.79 Å². The van der Waals surface area contributed by atoms with Crippen LogP contribution in [0.25, 0.3) is 0 Å². The molecule has 0 fully saturated rings. The van der Waals surface area contributed by atoms with Gasteiger partial charge >= 0.3 is 5.97 Å². The first-order valence-electron chi connectivity index (χ1n) is 5.04. The minimum absolute atomic E-state index is 0.0734. The van der Waals surface area contributed by atoms with Gasteiger partial charge in [0.2, 0.25) is 0 Å². The minimum atomic E-state index is -0.916. The van der Waals surface area contributed by atoms with Crippen molar-refractivity contribution in [1.29, 1.82) is 0 Å². The Labute approximate surface area is 116 Å². The van der Waals surface area contributed by atoms with Crippen LogP contribution in [-0.4, -0.2) is 16.2 Å². The van der Waals surface area contributed by atoms with Gasteiger partial charge in [0.05, 0.1) is 14.9 Å². The van der Waals surface area contributed by atoms with E-state index < -0.39 is 17.9 Å². The number of aliphatic carboxylic acids is 1. The Morgan fingerprint density at radius 1 is 1.41 bits per heavy atom. The molecule has 0 saturated heterocycles. The Morgan fingerprint density at radius 2 is 1.88 bits per heavy atom. The van der Waals surface area contributed by atoms with Gasteiger partial charge in [-0.15, -0.1) is 0 Å². The number of hydrogen-bond donors (Lipinski definition) is 3. The van der Waals surface area contributed by atoms with E-state index in [1.807, 2.05) is 0 Å². The Morgan fingerprint density at radius 3 is 2.24 bits per heavy atom. The molecule has 0 spiro atoms. The quantitative estimate of drug-likeness (QED) is 0.764. The van der Waals surface area contributed by atoms with Gasteiger partial charge in [-0.05, 0) is 56.0 Å². The van der Waals surface area contributed by atoms with Crippen molar-refractivity contribution in [1.82, 2.24) is 0 Å². The summed E-state index contributed by atoms with van der Waals surface area (Å²) in [6.07, 6.45) is 0.451. The molecule has 0 aliphatic heterocycles. The van der Waals surface area contributed by atoms with Crippen LogP contribution in [0.4, 0.5) is 0 Å². The Hall–Kier alpha value is -0.590. The van der Waals surface area contributed by atoms with Crippen LogP contribution in [0.3, 0.4) is 0 Å². The summed E-state index contributed by atoms with van der Waals surface area (Å²) < 4.78 is 0.968. The number of halogens is 2. The monoisotopic (exact) mass is 365 g/mol. The third-order valence-electron chi connectivity index (χ3n) is 2.61. The van der Waals surface area contributed by atoms with Gasteiger partial charge in [-0.2, -0.15) is 0 Å². The first-order chi connectivity index (χ1) is 7.88. The average Bonchev–Trinajstić information content (AvgIpc) is 2.25. The van der Waals surface area contributed by atoms with Crippen LogP contribution in [0.1, 0.15) is 24.9 Å². The van der Waals surface area contributed by atoms with Crippen LogP contribution in [0.2, 0.25) is 0 Å². The minimum Gasteiger partial charge on any atom is -0.506 e. The molecule has 1 aromatic carbocycles. The molecule has 0 amide bonds. The van der Waals surface area contributed by atoms with Gasteiger partial charge in [-0.25, -0.2) is 0 Å². The molecule has 6 heteroatoms. The second kappa shape index (κ2) is 5.84. The lowest BCUT2D eigenvalue weighted by atomic mass is 9.92. The van der Waals surface area contributed by atoms with Gasteiger partial charge < -0.3 is 15.9 Å². The summed E-state index contributed by atoms with van der Waals surface area (Å²) in [6, 6.07) is 2.66. The van der Waals surface area contributed by atoms with Gasteiger partial charge in [-0.3, -0.25) is 4.79 Å². The molecule has 17 heavy (non-hydrogen) atoms. The van der Waals surface area contributed by atoms with Gasteiger partial charge in [0.25, 0.3) is 0 Å². The van der Waals surface area contributed by atoms with Crippen molar-refractivity contribution < 1.29 is 15.0 Å². The van der Waals surface area contributed by atoms with Crippen molar-refractivity contribution in [3.05, 3.63) is 26.6 Å². The van der Waals surface area contributed by atoms with Crippen molar-refractivity contribution in [2.75, 3.05) is 0 Å². The topological polar surface area (TPSA) is 83.5 Å². The van der Waals surface area contributed by atoms with Gasteiger partial charge in [0.1, 0.15) is 5.75 Å². The van der Waals surface area contributed by atoms with E-state index in [1.165, 1.54) is 0 Å². The number of aromatic hydroxyl groups is 1. The lowest BCUT2D eigenvalue weighted by Crippen LogP contribution is -2.27.